The van der Waals surface area contributed by atoms with Crippen LogP contribution in [0.5, 0.6) is 0 Å². The number of amides is 2. The quantitative estimate of drug-likeness (QED) is 0.103. The number of Topliss-reactive ketones (excluding diaryl/α,β-unsaturated/α-hetero) is 2. The number of guanidine groups is 3. The van der Waals surface area contributed by atoms with Crippen molar-refractivity contribution in [3.05, 3.63) is 101 Å². The number of benzene rings is 3. The summed E-state index contributed by atoms with van der Waals surface area (Å²) in [5.41, 5.74) is 11.1. The molecule has 6 N–H and O–H groups in total. The van der Waals surface area contributed by atoms with Crippen LogP contribution in [0.2, 0.25) is 0 Å². The van der Waals surface area contributed by atoms with E-state index >= 15 is 0 Å². The highest BCUT2D eigenvalue weighted by molar-refractivity contribution is 7.90. The fraction of sp³-hybridized carbons (Fsp3) is 0.509. The van der Waals surface area contributed by atoms with Crippen molar-refractivity contribution < 1.29 is 58.7 Å². The molecular weight excluding hydrogens is 1190 g/mol. The Bertz CT molecular complexity index is 3240. The van der Waals surface area contributed by atoms with Gasteiger partial charge in [0.25, 0.3) is 0 Å². The number of carbonyl (C=O) groups excluding carboxylic acids is 5. The number of rotatable bonds is 7. The van der Waals surface area contributed by atoms with E-state index in [0.29, 0.717) is 23.2 Å². The van der Waals surface area contributed by atoms with E-state index in [0.717, 1.165) is 29.6 Å². The number of hydrogen-bond acceptors (Lipinski definition) is 18. The molecule has 82 heavy (non-hydrogen) atoms. The van der Waals surface area contributed by atoms with E-state index in [-0.39, 0.29) is 71.1 Å². The van der Waals surface area contributed by atoms with Crippen molar-refractivity contribution in [2.24, 2.45) is 20.7 Å². The highest BCUT2D eigenvalue weighted by atomic mass is 35.5. The van der Waals surface area contributed by atoms with E-state index in [1.54, 1.807) is 123 Å². The van der Waals surface area contributed by atoms with E-state index in [2.05, 4.69) is 37.2 Å². The minimum absolute atomic E-state index is 0. The molecule has 3 heterocycles. The van der Waals surface area contributed by atoms with Crippen LogP contribution in [0.3, 0.4) is 0 Å². The molecule has 0 aliphatic carbocycles. The maximum absolute atomic E-state index is 12.7. The summed E-state index contributed by atoms with van der Waals surface area (Å²) in [6.07, 6.45) is -0.994. The molecule has 23 nitrogen and oxygen atoms in total. The van der Waals surface area contributed by atoms with Crippen LogP contribution in [-0.2, 0) is 83.4 Å². The number of nitrogens with two attached hydrogens (primary N) is 2. The lowest BCUT2D eigenvalue weighted by Gasteiger charge is -2.36. The number of ketones is 2. The Kier molecular flexibility index (Phi) is 26.6. The number of halogens is 3. The van der Waals surface area contributed by atoms with Gasteiger partial charge in [-0.15, -0.1) is 23.2 Å². The monoisotopic (exact) mass is 1260 g/mol. The van der Waals surface area contributed by atoms with Gasteiger partial charge in [-0.25, -0.2) is 62.7 Å². The van der Waals surface area contributed by atoms with Gasteiger partial charge in [-0.1, -0.05) is 68.1 Å². The van der Waals surface area contributed by atoms with Gasteiger partial charge in [-0.3, -0.25) is 25.0 Å². The summed E-state index contributed by atoms with van der Waals surface area (Å²) in [6.45, 7) is 19.7. The van der Waals surface area contributed by atoms with E-state index in [9.17, 15) is 49.2 Å². The second-order valence-corrected chi connectivity index (χ2v) is 28.8. The first-order valence-corrected chi connectivity index (χ1v) is 30.9. The number of carbonyl (C=O) groups is 5. The summed E-state index contributed by atoms with van der Waals surface area (Å²) >= 11 is 14.2. The Hall–Kier alpha value is -6.06. The van der Waals surface area contributed by atoms with Gasteiger partial charge in [0.05, 0.1) is 22.6 Å². The van der Waals surface area contributed by atoms with Crippen molar-refractivity contribution in [3.63, 3.8) is 0 Å². The number of alkyl carbamates (subject to hydrolysis) is 2. The molecule has 29 heteroatoms. The van der Waals surface area contributed by atoms with E-state index < -0.39 is 70.1 Å². The molecule has 0 spiro atoms. The predicted octanol–water partition coefficient (Wildman–Crippen LogP) is 7.28. The SMILES string of the molecule is C.CC(=O)Cc1cccc([C@]2(C)CS(=O)(=O)N(C)C(N)=N2)c1.CC(=O)Cc1cccc([C@]2(C)CS(=O)(=O)N(C)C(NC(=O)OC(C)(C)C)=N2)c1.CC(=O)Cl.CN1C(NC(=O)OC(C)(C)C)=N[C@](C)(c2cccc(N)c2)CS1(=O)=O.ClCCl. The van der Waals surface area contributed by atoms with E-state index in [4.69, 9.17) is 44.1 Å². The molecule has 6 rings (SSSR count). The zero-order valence-corrected chi connectivity index (χ0v) is 52.9. The first-order chi connectivity index (χ1) is 36.8. The summed E-state index contributed by atoms with van der Waals surface area (Å²) in [7, 11) is -6.84. The van der Waals surface area contributed by atoms with E-state index in [1.807, 2.05) is 12.1 Å². The number of sulfonamides is 3. The molecule has 0 saturated carbocycles. The average molecular weight is 1270 g/mol. The summed E-state index contributed by atoms with van der Waals surface area (Å²) in [5, 5.41) is 4.69. The van der Waals surface area contributed by atoms with Crippen molar-refractivity contribution in [2.45, 2.75) is 131 Å². The molecule has 3 aromatic rings. The largest absolute Gasteiger partial charge is 0.444 e. The number of ether oxygens (including phenoxy) is 2. The Labute approximate surface area is 498 Å². The Morgan fingerprint density at radius 2 is 0.866 bits per heavy atom. The van der Waals surface area contributed by atoms with Crippen molar-refractivity contribution in [2.75, 3.05) is 49.5 Å². The van der Waals surface area contributed by atoms with Gasteiger partial charge in [-0.2, -0.15) is 0 Å². The van der Waals surface area contributed by atoms with Crippen molar-refractivity contribution in [1.29, 1.82) is 0 Å². The van der Waals surface area contributed by atoms with Gasteiger partial charge >= 0.3 is 12.2 Å². The topological polar surface area (TPSA) is 329 Å². The number of nitrogen functional groups attached to an aromatic ring is 1. The maximum atomic E-state index is 12.7. The molecule has 458 valence electrons. The second kappa shape index (κ2) is 29.5. The Morgan fingerprint density at radius 1 is 0.573 bits per heavy atom. The maximum Gasteiger partial charge on any atom is 0.414 e. The zero-order valence-electron chi connectivity index (χ0n) is 48.2. The molecule has 3 aliphatic rings. The molecule has 3 aromatic carbocycles. The van der Waals surface area contributed by atoms with Gasteiger partial charge in [0, 0.05) is 46.6 Å². The minimum atomic E-state index is -3.73. The van der Waals surface area contributed by atoms with Crippen LogP contribution in [0.1, 0.15) is 118 Å². The number of hydrogen-bond donors (Lipinski definition) is 4. The third-order valence-electron chi connectivity index (χ3n) is 11.4. The summed E-state index contributed by atoms with van der Waals surface area (Å²) in [5.74, 6) is -0.823. The first-order valence-electron chi connectivity index (χ1n) is 24.6. The van der Waals surface area contributed by atoms with Gasteiger partial charge in [-0.05, 0) is 128 Å². The van der Waals surface area contributed by atoms with Crippen molar-refractivity contribution >= 4 is 117 Å². The Morgan fingerprint density at radius 3 is 1.16 bits per heavy atom. The lowest BCUT2D eigenvalue weighted by Crippen LogP contribution is -2.54. The number of aliphatic imine (C=N–C) groups is 3. The van der Waals surface area contributed by atoms with Crippen LogP contribution in [0.15, 0.2) is 87.8 Å². The Balaban J connectivity index is 0.000000581. The lowest BCUT2D eigenvalue weighted by molar-refractivity contribution is -0.117. The number of nitrogens with zero attached hydrogens (tertiary/aromatic N) is 6. The number of nitrogens with one attached hydrogen (secondary N) is 2. The lowest BCUT2D eigenvalue weighted by atomic mass is 9.92. The first kappa shape index (κ1) is 74.0. The predicted molar refractivity (Wildman–Crippen MR) is 324 cm³/mol. The zero-order chi connectivity index (χ0) is 62.5. The minimum Gasteiger partial charge on any atom is -0.444 e. The molecule has 0 radical (unpaired) electrons. The second-order valence-electron chi connectivity index (χ2n) is 21.4. The molecule has 0 unspecified atom stereocenters. The summed E-state index contributed by atoms with van der Waals surface area (Å²) in [4.78, 5) is 69.3. The van der Waals surface area contributed by atoms with Crippen molar-refractivity contribution in [1.82, 2.24) is 23.5 Å². The molecule has 0 aromatic heterocycles. The average Bonchev–Trinajstić information content (AvgIpc) is 3.29. The molecular formula is C53H79Cl3N10O13S3. The summed E-state index contributed by atoms with van der Waals surface area (Å²) in [6, 6.07) is 21.2. The van der Waals surface area contributed by atoms with Gasteiger partial charge in [0.15, 0.2) is 0 Å². The molecule has 0 fully saturated rings. The normalized spacial score (nSPS) is 21.2. The summed E-state index contributed by atoms with van der Waals surface area (Å²) < 4.78 is 88.1. The highest BCUT2D eigenvalue weighted by Gasteiger charge is 2.44. The van der Waals surface area contributed by atoms with Gasteiger partial charge in [0.1, 0.15) is 39.4 Å². The van der Waals surface area contributed by atoms with Crippen molar-refractivity contribution in [3.8, 4) is 0 Å². The number of alkyl halides is 2. The third kappa shape index (κ3) is 22.9. The molecule has 3 aliphatic heterocycles. The fourth-order valence-corrected chi connectivity index (χ4v) is 12.1. The molecule has 3 atom stereocenters. The third-order valence-corrected chi connectivity index (χ3v) is 17.2. The number of anilines is 1. The van der Waals surface area contributed by atoms with Crippen LogP contribution in [0.4, 0.5) is 15.3 Å². The van der Waals surface area contributed by atoms with Gasteiger partial charge < -0.3 is 20.9 Å². The van der Waals surface area contributed by atoms with E-state index in [1.165, 1.54) is 41.9 Å². The van der Waals surface area contributed by atoms with Gasteiger partial charge in [0.2, 0.25) is 53.2 Å². The van der Waals surface area contributed by atoms with Crippen LogP contribution in [0.25, 0.3) is 0 Å². The highest BCUT2D eigenvalue weighted by Crippen LogP contribution is 2.35. The smallest absolute Gasteiger partial charge is 0.414 e. The van der Waals surface area contributed by atoms with Crippen LogP contribution in [-0.4, -0.2) is 140 Å². The standard InChI is InChI=1S/C19H27N3O5S.C16H24N4O4S.C14H19N3O3S.C2H3ClO.CH2Cl2.CH4/c1-13(23)10-14-8-7-9-15(11-14)19(5)12-28(25,26)22(6)16(21-19)20-17(24)27-18(2,3)4;1-15(2,3)24-14(21)18-13-19-16(4,10-25(22,23)20(13)5)11-7-6-8-12(17)9-11;1-10(18)7-11-5-4-6-12(8-11)14(2)9-21(19,20)17(3)13(15)16-14;1-2(3)4;2-1-3;/h7-9,11H,10,12H2,1-6H3,(H,20,21,24);6-9H,10,17H2,1-5H3,(H,18,19,21);4-6,8H,7,9H2,1-3H3,(H2,15,16);1H3;1H2;1H4/t19-;16-;14-;;;/m000.../s1. The molecule has 0 saturated heterocycles. The van der Waals surface area contributed by atoms with Crippen LogP contribution in [0, 0.1) is 0 Å². The molecule has 2 amide bonds. The fourth-order valence-electron chi connectivity index (χ4n) is 7.72. The molecule has 0 bridgehead atoms. The van der Waals surface area contributed by atoms with Crippen LogP contribution < -0.4 is 22.1 Å². The van der Waals surface area contributed by atoms with Crippen LogP contribution >= 0.6 is 34.8 Å².